The fourth-order valence-corrected chi connectivity index (χ4v) is 1.74. The third-order valence-corrected chi connectivity index (χ3v) is 2.48. The maximum atomic E-state index is 5.76. The molecule has 0 bridgehead atoms. The molecule has 0 saturated carbocycles. The van der Waals surface area contributed by atoms with E-state index in [1.54, 1.807) is 0 Å². The van der Waals surface area contributed by atoms with Gasteiger partial charge in [-0.3, -0.25) is 0 Å². The van der Waals surface area contributed by atoms with Crippen LogP contribution in [0.5, 0.6) is 0 Å². The zero-order chi connectivity index (χ0) is 12.6. The SMILES string of the molecule is C=CCC(CC=C)(CCC(C)N)N=C(N)N. The summed E-state index contributed by atoms with van der Waals surface area (Å²) in [6, 6.07) is 0.142. The molecular weight excluding hydrogens is 200 g/mol. The monoisotopic (exact) mass is 224 g/mol. The van der Waals surface area contributed by atoms with E-state index in [9.17, 15) is 0 Å². The van der Waals surface area contributed by atoms with Gasteiger partial charge in [0.15, 0.2) is 5.96 Å². The average molecular weight is 224 g/mol. The highest BCUT2D eigenvalue weighted by molar-refractivity contribution is 5.76. The molecule has 0 aliphatic rings. The first kappa shape index (κ1) is 14.7. The van der Waals surface area contributed by atoms with Crippen LogP contribution in [-0.4, -0.2) is 17.5 Å². The van der Waals surface area contributed by atoms with Gasteiger partial charge >= 0.3 is 0 Å². The fraction of sp³-hybridized carbons (Fsp3) is 0.583. The summed E-state index contributed by atoms with van der Waals surface area (Å²) in [5.74, 6) is 0.105. The van der Waals surface area contributed by atoms with E-state index >= 15 is 0 Å². The lowest BCUT2D eigenvalue weighted by atomic mass is 9.85. The predicted molar refractivity (Wildman–Crippen MR) is 71.1 cm³/mol. The number of guanidine groups is 1. The van der Waals surface area contributed by atoms with E-state index in [0.29, 0.717) is 0 Å². The van der Waals surface area contributed by atoms with Gasteiger partial charge in [-0.1, -0.05) is 12.2 Å². The van der Waals surface area contributed by atoms with Crippen molar-refractivity contribution in [2.45, 2.75) is 44.2 Å². The zero-order valence-electron chi connectivity index (χ0n) is 10.2. The van der Waals surface area contributed by atoms with E-state index in [0.717, 1.165) is 25.7 Å². The molecule has 0 radical (unpaired) electrons. The lowest BCUT2D eigenvalue weighted by Crippen LogP contribution is -2.34. The molecule has 0 aliphatic carbocycles. The minimum Gasteiger partial charge on any atom is -0.370 e. The Morgan fingerprint density at radius 3 is 2.12 bits per heavy atom. The molecule has 0 amide bonds. The molecule has 0 aliphatic heterocycles. The molecule has 0 saturated heterocycles. The van der Waals surface area contributed by atoms with E-state index in [2.05, 4.69) is 18.2 Å². The van der Waals surface area contributed by atoms with Crippen molar-refractivity contribution in [2.24, 2.45) is 22.2 Å². The minimum atomic E-state index is -0.323. The van der Waals surface area contributed by atoms with E-state index in [-0.39, 0.29) is 17.5 Å². The molecule has 92 valence electrons. The third-order valence-electron chi connectivity index (χ3n) is 2.48. The van der Waals surface area contributed by atoms with Crippen LogP contribution in [0, 0.1) is 0 Å². The predicted octanol–water partition coefficient (Wildman–Crippen LogP) is 1.28. The summed E-state index contributed by atoms with van der Waals surface area (Å²) in [5.41, 5.74) is 16.4. The summed E-state index contributed by atoms with van der Waals surface area (Å²) >= 11 is 0. The van der Waals surface area contributed by atoms with Crippen molar-refractivity contribution in [1.82, 2.24) is 0 Å². The molecule has 0 spiro atoms. The summed E-state index contributed by atoms with van der Waals surface area (Å²) in [6.07, 6.45) is 6.82. The van der Waals surface area contributed by atoms with E-state index in [1.807, 2.05) is 19.1 Å². The molecule has 1 unspecified atom stereocenters. The van der Waals surface area contributed by atoms with Crippen molar-refractivity contribution in [3.63, 3.8) is 0 Å². The molecule has 0 aromatic heterocycles. The lowest BCUT2D eigenvalue weighted by molar-refractivity contribution is 0.379. The first-order chi connectivity index (χ1) is 7.45. The first-order valence-electron chi connectivity index (χ1n) is 5.54. The summed E-state index contributed by atoms with van der Waals surface area (Å²) in [5, 5.41) is 0. The summed E-state index contributed by atoms with van der Waals surface area (Å²) in [7, 11) is 0. The van der Waals surface area contributed by atoms with Crippen molar-refractivity contribution in [3.8, 4) is 0 Å². The van der Waals surface area contributed by atoms with Gasteiger partial charge < -0.3 is 17.2 Å². The maximum Gasteiger partial charge on any atom is 0.186 e. The van der Waals surface area contributed by atoms with Gasteiger partial charge in [0.05, 0.1) is 5.54 Å². The fourth-order valence-electron chi connectivity index (χ4n) is 1.74. The smallest absolute Gasteiger partial charge is 0.186 e. The Bertz CT molecular complexity index is 242. The second-order valence-electron chi connectivity index (χ2n) is 4.26. The summed E-state index contributed by atoms with van der Waals surface area (Å²) in [6.45, 7) is 9.47. The maximum absolute atomic E-state index is 5.76. The van der Waals surface area contributed by atoms with Crippen LogP contribution in [0.15, 0.2) is 30.3 Å². The van der Waals surface area contributed by atoms with Crippen molar-refractivity contribution in [1.29, 1.82) is 0 Å². The van der Waals surface area contributed by atoms with Crippen LogP contribution >= 0.6 is 0 Å². The molecular formula is C12H24N4. The Balaban J connectivity index is 4.83. The summed E-state index contributed by atoms with van der Waals surface area (Å²) in [4.78, 5) is 4.33. The highest BCUT2D eigenvalue weighted by Gasteiger charge is 2.26. The largest absolute Gasteiger partial charge is 0.370 e. The van der Waals surface area contributed by atoms with Gasteiger partial charge in [-0.25, -0.2) is 4.99 Å². The molecule has 4 heteroatoms. The van der Waals surface area contributed by atoms with Gasteiger partial charge in [-0.05, 0) is 32.6 Å². The lowest BCUT2D eigenvalue weighted by Gasteiger charge is -2.28. The van der Waals surface area contributed by atoms with Crippen LogP contribution in [0.25, 0.3) is 0 Å². The number of rotatable bonds is 8. The molecule has 0 rings (SSSR count). The third kappa shape index (κ3) is 5.56. The average Bonchev–Trinajstić information content (AvgIpc) is 2.14. The zero-order valence-corrected chi connectivity index (χ0v) is 10.2. The van der Waals surface area contributed by atoms with Crippen molar-refractivity contribution in [3.05, 3.63) is 25.3 Å². The van der Waals surface area contributed by atoms with Crippen LogP contribution in [0.4, 0.5) is 0 Å². The molecule has 0 aromatic carbocycles. The molecule has 0 fully saturated rings. The highest BCUT2D eigenvalue weighted by atomic mass is 15.0. The second-order valence-corrected chi connectivity index (χ2v) is 4.26. The van der Waals surface area contributed by atoms with Crippen LogP contribution in [-0.2, 0) is 0 Å². The van der Waals surface area contributed by atoms with E-state index in [1.165, 1.54) is 0 Å². The van der Waals surface area contributed by atoms with Gasteiger partial charge in [0.2, 0.25) is 0 Å². The van der Waals surface area contributed by atoms with Crippen molar-refractivity contribution >= 4 is 5.96 Å². The van der Waals surface area contributed by atoms with E-state index < -0.39 is 0 Å². The summed E-state index contributed by atoms with van der Waals surface area (Å²) < 4.78 is 0. The number of nitrogens with zero attached hydrogens (tertiary/aromatic N) is 1. The molecule has 0 aromatic rings. The normalized spacial score (nSPS) is 12.9. The van der Waals surface area contributed by atoms with Gasteiger partial charge in [-0.2, -0.15) is 0 Å². The standard InChI is InChI=1S/C12H24N4/c1-4-7-12(8-5-2,16-11(14)15)9-6-10(3)13/h4-5,10H,1-2,6-9,13H2,3H3,(H4,14,15,16). The Morgan fingerprint density at radius 1 is 1.31 bits per heavy atom. The number of hydrogen-bond acceptors (Lipinski definition) is 2. The highest BCUT2D eigenvalue weighted by Crippen LogP contribution is 2.28. The quantitative estimate of drug-likeness (QED) is 0.329. The van der Waals surface area contributed by atoms with Crippen LogP contribution in [0.2, 0.25) is 0 Å². The van der Waals surface area contributed by atoms with Crippen LogP contribution in [0.1, 0.15) is 32.6 Å². The van der Waals surface area contributed by atoms with Gasteiger partial charge in [0.1, 0.15) is 0 Å². The number of aliphatic imine (C=N–C) groups is 1. The van der Waals surface area contributed by atoms with E-state index in [4.69, 9.17) is 17.2 Å². The van der Waals surface area contributed by atoms with Gasteiger partial charge in [0, 0.05) is 6.04 Å². The minimum absolute atomic E-state index is 0.105. The molecule has 0 heterocycles. The Morgan fingerprint density at radius 2 is 1.81 bits per heavy atom. The van der Waals surface area contributed by atoms with Crippen molar-refractivity contribution in [2.75, 3.05) is 0 Å². The second kappa shape index (κ2) is 7.06. The Hall–Kier alpha value is -1.29. The number of nitrogens with two attached hydrogens (primary N) is 3. The molecule has 16 heavy (non-hydrogen) atoms. The first-order valence-corrected chi connectivity index (χ1v) is 5.54. The van der Waals surface area contributed by atoms with Crippen LogP contribution < -0.4 is 17.2 Å². The van der Waals surface area contributed by atoms with Gasteiger partial charge in [0.25, 0.3) is 0 Å². The van der Waals surface area contributed by atoms with Crippen LogP contribution in [0.3, 0.4) is 0 Å². The molecule has 6 N–H and O–H groups in total. The topological polar surface area (TPSA) is 90.4 Å². The Labute approximate surface area is 98.3 Å². The molecule has 4 nitrogen and oxygen atoms in total. The van der Waals surface area contributed by atoms with Crippen molar-refractivity contribution < 1.29 is 0 Å². The van der Waals surface area contributed by atoms with Gasteiger partial charge in [-0.15, -0.1) is 13.2 Å². The number of hydrogen-bond donors (Lipinski definition) is 3. The Kier molecular flexibility index (Phi) is 6.49. The molecule has 1 atom stereocenters.